The van der Waals surface area contributed by atoms with Crippen LogP contribution >= 0.6 is 0 Å². The molecular weight excluding hydrogens is 166 g/mol. The van der Waals surface area contributed by atoms with E-state index in [4.69, 9.17) is 5.11 Å². The Labute approximate surface area is 80.7 Å². The summed E-state index contributed by atoms with van der Waals surface area (Å²) in [5, 5.41) is 8.96. The lowest BCUT2D eigenvalue weighted by Crippen LogP contribution is -2.41. The molecule has 3 heteroatoms. The predicted octanol–water partition coefficient (Wildman–Crippen LogP) is 1.97. The van der Waals surface area contributed by atoms with Crippen LogP contribution in [0.2, 0.25) is 0 Å². The minimum Gasteiger partial charge on any atom is -0.480 e. The van der Waals surface area contributed by atoms with Crippen LogP contribution in [0.15, 0.2) is 0 Å². The number of carboxylic acid groups (broad SMARTS) is 1. The van der Waals surface area contributed by atoms with Gasteiger partial charge in [0.25, 0.3) is 0 Å². The first kappa shape index (κ1) is 12.4. The molecule has 1 atom stereocenters. The maximum absolute atomic E-state index is 10.9. The van der Waals surface area contributed by atoms with Crippen LogP contribution in [0.4, 0.5) is 0 Å². The Morgan fingerprint density at radius 3 is 1.92 bits per heavy atom. The molecule has 0 radical (unpaired) electrons. The molecular formula is C10H21NO2. The zero-order valence-electron chi connectivity index (χ0n) is 8.92. The highest BCUT2D eigenvalue weighted by atomic mass is 16.4. The molecule has 0 aliphatic rings. The van der Waals surface area contributed by atoms with Gasteiger partial charge in [0, 0.05) is 0 Å². The molecule has 0 fully saturated rings. The summed E-state index contributed by atoms with van der Waals surface area (Å²) in [5.41, 5.74) is 0. The summed E-state index contributed by atoms with van der Waals surface area (Å²) in [7, 11) is 0. The lowest BCUT2D eigenvalue weighted by atomic mass is 10.1. The third-order valence-electron chi connectivity index (χ3n) is 2.13. The highest BCUT2D eigenvalue weighted by Gasteiger charge is 2.21. The molecule has 78 valence electrons. The average Bonchev–Trinajstić information content (AvgIpc) is 2.05. The van der Waals surface area contributed by atoms with Crippen molar-refractivity contribution in [2.24, 2.45) is 0 Å². The van der Waals surface area contributed by atoms with Crippen molar-refractivity contribution in [1.29, 1.82) is 0 Å². The van der Waals surface area contributed by atoms with Crippen molar-refractivity contribution in [2.45, 2.75) is 46.1 Å². The SMILES string of the molecule is CCCN(CCC)C(CC)C(=O)O. The Kier molecular flexibility index (Phi) is 6.59. The van der Waals surface area contributed by atoms with Gasteiger partial charge in [-0.25, -0.2) is 0 Å². The minimum absolute atomic E-state index is 0.292. The summed E-state index contributed by atoms with van der Waals surface area (Å²) < 4.78 is 0. The minimum atomic E-state index is -0.690. The van der Waals surface area contributed by atoms with Crippen LogP contribution in [0.3, 0.4) is 0 Å². The molecule has 1 unspecified atom stereocenters. The van der Waals surface area contributed by atoms with Gasteiger partial charge in [0.2, 0.25) is 0 Å². The Morgan fingerprint density at radius 1 is 1.23 bits per heavy atom. The van der Waals surface area contributed by atoms with Gasteiger partial charge in [-0.2, -0.15) is 0 Å². The molecule has 0 rings (SSSR count). The number of aliphatic carboxylic acids is 1. The largest absolute Gasteiger partial charge is 0.480 e. The number of hydrogen-bond donors (Lipinski definition) is 1. The quantitative estimate of drug-likeness (QED) is 0.662. The van der Waals surface area contributed by atoms with Gasteiger partial charge in [-0.1, -0.05) is 20.8 Å². The molecule has 0 saturated carbocycles. The Bertz CT molecular complexity index is 142. The number of carboxylic acids is 1. The summed E-state index contributed by atoms with van der Waals surface area (Å²) in [6.07, 6.45) is 2.73. The van der Waals surface area contributed by atoms with E-state index in [2.05, 4.69) is 18.7 Å². The zero-order chi connectivity index (χ0) is 10.3. The van der Waals surface area contributed by atoms with E-state index >= 15 is 0 Å². The van der Waals surface area contributed by atoms with Crippen LogP contribution in [0, 0.1) is 0 Å². The maximum Gasteiger partial charge on any atom is 0.320 e. The first-order valence-electron chi connectivity index (χ1n) is 5.14. The van der Waals surface area contributed by atoms with E-state index in [9.17, 15) is 4.79 Å². The number of rotatable bonds is 7. The lowest BCUT2D eigenvalue weighted by molar-refractivity contribution is -0.143. The number of carbonyl (C=O) groups is 1. The van der Waals surface area contributed by atoms with E-state index < -0.39 is 5.97 Å². The Hall–Kier alpha value is -0.570. The van der Waals surface area contributed by atoms with Crippen LogP contribution in [-0.4, -0.2) is 35.1 Å². The predicted molar refractivity (Wildman–Crippen MR) is 53.9 cm³/mol. The van der Waals surface area contributed by atoms with Gasteiger partial charge >= 0.3 is 5.97 Å². The lowest BCUT2D eigenvalue weighted by Gasteiger charge is -2.27. The fourth-order valence-corrected chi connectivity index (χ4v) is 1.59. The molecule has 0 aromatic heterocycles. The second-order valence-electron chi connectivity index (χ2n) is 3.30. The van der Waals surface area contributed by atoms with Gasteiger partial charge in [-0.3, -0.25) is 9.69 Å². The molecule has 1 N–H and O–H groups in total. The van der Waals surface area contributed by atoms with Crippen LogP contribution in [0.5, 0.6) is 0 Å². The normalized spacial score (nSPS) is 13.2. The van der Waals surface area contributed by atoms with Gasteiger partial charge in [0.15, 0.2) is 0 Å². The molecule has 0 spiro atoms. The van der Waals surface area contributed by atoms with Gasteiger partial charge in [-0.15, -0.1) is 0 Å². The number of hydrogen-bond acceptors (Lipinski definition) is 2. The van der Waals surface area contributed by atoms with E-state index in [1.54, 1.807) is 0 Å². The standard InChI is InChI=1S/C10H21NO2/c1-4-7-11(8-5-2)9(6-3)10(12)13/h9H,4-8H2,1-3H3,(H,12,13). The molecule has 13 heavy (non-hydrogen) atoms. The molecule has 0 aromatic carbocycles. The van der Waals surface area contributed by atoms with Crippen molar-refractivity contribution in [3.05, 3.63) is 0 Å². The first-order chi connectivity index (χ1) is 6.17. The van der Waals surface area contributed by atoms with E-state index in [1.165, 1.54) is 0 Å². The van der Waals surface area contributed by atoms with Gasteiger partial charge in [-0.05, 0) is 32.4 Å². The molecule has 0 heterocycles. The summed E-state index contributed by atoms with van der Waals surface area (Å²) >= 11 is 0. The van der Waals surface area contributed by atoms with Gasteiger partial charge < -0.3 is 5.11 Å². The second-order valence-corrected chi connectivity index (χ2v) is 3.30. The van der Waals surface area contributed by atoms with E-state index in [1.807, 2.05) is 6.92 Å². The van der Waals surface area contributed by atoms with Crippen LogP contribution in [-0.2, 0) is 4.79 Å². The monoisotopic (exact) mass is 187 g/mol. The van der Waals surface area contributed by atoms with Crippen LogP contribution in [0.1, 0.15) is 40.0 Å². The highest BCUT2D eigenvalue weighted by Crippen LogP contribution is 2.06. The van der Waals surface area contributed by atoms with Crippen molar-refractivity contribution in [3.63, 3.8) is 0 Å². The summed E-state index contributed by atoms with van der Waals surface area (Å²) in [6.45, 7) is 7.86. The van der Waals surface area contributed by atoms with Crippen molar-refractivity contribution < 1.29 is 9.90 Å². The fourth-order valence-electron chi connectivity index (χ4n) is 1.59. The molecule has 3 nitrogen and oxygen atoms in total. The van der Waals surface area contributed by atoms with Crippen molar-refractivity contribution in [1.82, 2.24) is 4.90 Å². The summed E-state index contributed by atoms with van der Waals surface area (Å²) in [4.78, 5) is 12.9. The molecule has 0 aromatic rings. The van der Waals surface area contributed by atoms with Crippen molar-refractivity contribution in [3.8, 4) is 0 Å². The second kappa shape index (κ2) is 6.89. The maximum atomic E-state index is 10.9. The van der Waals surface area contributed by atoms with E-state index in [-0.39, 0.29) is 6.04 Å². The van der Waals surface area contributed by atoms with Crippen LogP contribution < -0.4 is 0 Å². The molecule has 0 aliphatic carbocycles. The van der Waals surface area contributed by atoms with Crippen LogP contribution in [0.25, 0.3) is 0 Å². The first-order valence-corrected chi connectivity index (χ1v) is 5.14. The topological polar surface area (TPSA) is 40.5 Å². The molecule has 0 saturated heterocycles. The van der Waals surface area contributed by atoms with Gasteiger partial charge in [0.1, 0.15) is 6.04 Å². The van der Waals surface area contributed by atoms with E-state index in [0.717, 1.165) is 25.9 Å². The Morgan fingerprint density at radius 2 is 1.69 bits per heavy atom. The zero-order valence-corrected chi connectivity index (χ0v) is 8.92. The Balaban J connectivity index is 4.20. The van der Waals surface area contributed by atoms with Crippen molar-refractivity contribution >= 4 is 5.97 Å². The average molecular weight is 187 g/mol. The van der Waals surface area contributed by atoms with E-state index in [0.29, 0.717) is 6.42 Å². The van der Waals surface area contributed by atoms with Gasteiger partial charge in [0.05, 0.1) is 0 Å². The van der Waals surface area contributed by atoms with Crippen molar-refractivity contribution in [2.75, 3.05) is 13.1 Å². The summed E-state index contributed by atoms with van der Waals surface area (Å²) in [6, 6.07) is -0.292. The molecule has 0 aliphatic heterocycles. The third kappa shape index (κ3) is 4.27. The fraction of sp³-hybridized carbons (Fsp3) is 0.900. The molecule has 0 amide bonds. The smallest absolute Gasteiger partial charge is 0.320 e. The molecule has 0 bridgehead atoms. The number of nitrogens with zero attached hydrogens (tertiary/aromatic N) is 1. The third-order valence-corrected chi connectivity index (χ3v) is 2.13. The highest BCUT2D eigenvalue weighted by molar-refractivity contribution is 5.73. The summed E-state index contributed by atoms with van der Waals surface area (Å²) in [5.74, 6) is -0.690.